The Labute approximate surface area is 133 Å². The molecule has 0 radical (unpaired) electrons. The average molecular weight is 318 g/mol. The molecule has 0 aliphatic heterocycles. The normalized spacial score (nSPS) is 11.0. The predicted molar refractivity (Wildman–Crippen MR) is 90.3 cm³/mol. The highest BCUT2D eigenvalue weighted by Crippen LogP contribution is 2.29. The zero-order valence-electron chi connectivity index (χ0n) is 12.0. The SMILES string of the molecule is CCc1ccc(CNc2nc(Cl)nc3sc(C)cc23)cc1. The van der Waals surface area contributed by atoms with Crippen LogP contribution in [0.1, 0.15) is 22.9 Å². The summed E-state index contributed by atoms with van der Waals surface area (Å²) >= 11 is 7.63. The van der Waals surface area contributed by atoms with Crippen LogP contribution in [0.25, 0.3) is 10.2 Å². The molecule has 0 fully saturated rings. The standard InChI is InChI=1S/C16H16ClN3S/c1-3-11-4-6-12(7-5-11)9-18-14-13-8-10(2)21-15(13)20-16(17)19-14/h4-8H,3,9H2,1-2H3,(H,18,19,20). The smallest absolute Gasteiger partial charge is 0.225 e. The topological polar surface area (TPSA) is 37.8 Å². The second kappa shape index (κ2) is 6.00. The van der Waals surface area contributed by atoms with Crippen molar-refractivity contribution in [3.63, 3.8) is 0 Å². The minimum absolute atomic E-state index is 0.285. The second-order valence-corrected chi connectivity index (χ2v) is 6.51. The van der Waals surface area contributed by atoms with E-state index in [4.69, 9.17) is 11.6 Å². The molecule has 1 aromatic carbocycles. The van der Waals surface area contributed by atoms with Gasteiger partial charge >= 0.3 is 0 Å². The molecular weight excluding hydrogens is 302 g/mol. The van der Waals surface area contributed by atoms with E-state index in [9.17, 15) is 0 Å². The number of anilines is 1. The van der Waals surface area contributed by atoms with Crippen LogP contribution in [-0.4, -0.2) is 9.97 Å². The molecule has 0 aliphatic rings. The van der Waals surface area contributed by atoms with E-state index in [2.05, 4.69) is 59.5 Å². The molecule has 0 aliphatic carbocycles. The fourth-order valence-corrected chi connectivity index (χ4v) is 3.33. The maximum Gasteiger partial charge on any atom is 0.225 e. The molecular formula is C16H16ClN3S. The highest BCUT2D eigenvalue weighted by Gasteiger charge is 2.09. The van der Waals surface area contributed by atoms with Crippen molar-refractivity contribution in [1.82, 2.24) is 9.97 Å². The monoisotopic (exact) mass is 317 g/mol. The van der Waals surface area contributed by atoms with E-state index in [0.717, 1.165) is 29.0 Å². The lowest BCUT2D eigenvalue weighted by atomic mass is 10.1. The lowest BCUT2D eigenvalue weighted by Crippen LogP contribution is -2.02. The number of hydrogen-bond donors (Lipinski definition) is 1. The molecule has 0 bridgehead atoms. The van der Waals surface area contributed by atoms with Crippen molar-refractivity contribution in [2.75, 3.05) is 5.32 Å². The number of aromatic nitrogens is 2. The molecule has 0 unspecified atom stereocenters. The zero-order chi connectivity index (χ0) is 14.8. The minimum atomic E-state index is 0.285. The summed E-state index contributed by atoms with van der Waals surface area (Å²) in [5.74, 6) is 0.800. The van der Waals surface area contributed by atoms with E-state index in [1.54, 1.807) is 11.3 Å². The molecule has 3 nitrogen and oxygen atoms in total. The molecule has 21 heavy (non-hydrogen) atoms. The van der Waals surface area contributed by atoms with E-state index >= 15 is 0 Å². The first-order chi connectivity index (χ1) is 10.2. The third-order valence-corrected chi connectivity index (χ3v) is 4.49. The maximum absolute atomic E-state index is 6.00. The van der Waals surface area contributed by atoms with Gasteiger partial charge in [0.05, 0.1) is 5.39 Å². The molecule has 0 atom stereocenters. The Morgan fingerprint density at radius 2 is 1.86 bits per heavy atom. The quantitative estimate of drug-likeness (QED) is 0.700. The molecule has 0 saturated carbocycles. The number of halogens is 1. The van der Waals surface area contributed by atoms with Gasteiger partial charge in [0.1, 0.15) is 10.6 Å². The van der Waals surface area contributed by atoms with Gasteiger partial charge in [-0.2, -0.15) is 0 Å². The summed E-state index contributed by atoms with van der Waals surface area (Å²) in [6.45, 7) is 4.95. The Morgan fingerprint density at radius 3 is 2.57 bits per heavy atom. The number of thiophene rings is 1. The van der Waals surface area contributed by atoms with Crippen molar-refractivity contribution in [2.45, 2.75) is 26.8 Å². The number of fused-ring (bicyclic) bond motifs is 1. The van der Waals surface area contributed by atoms with Gasteiger partial charge in [0.2, 0.25) is 5.28 Å². The second-order valence-electron chi connectivity index (χ2n) is 4.94. The first-order valence-electron chi connectivity index (χ1n) is 6.91. The maximum atomic E-state index is 6.00. The third-order valence-electron chi connectivity index (χ3n) is 3.38. The van der Waals surface area contributed by atoms with Crippen LogP contribution in [-0.2, 0) is 13.0 Å². The Kier molecular flexibility index (Phi) is 4.08. The van der Waals surface area contributed by atoms with Gasteiger partial charge < -0.3 is 5.32 Å². The van der Waals surface area contributed by atoms with Crippen LogP contribution in [0.4, 0.5) is 5.82 Å². The van der Waals surface area contributed by atoms with E-state index < -0.39 is 0 Å². The first kappa shape index (κ1) is 14.3. The van der Waals surface area contributed by atoms with Gasteiger partial charge in [-0.05, 0) is 42.1 Å². The summed E-state index contributed by atoms with van der Waals surface area (Å²) in [5.41, 5.74) is 2.57. The number of aryl methyl sites for hydroxylation is 2. The van der Waals surface area contributed by atoms with Gasteiger partial charge in [0, 0.05) is 11.4 Å². The van der Waals surface area contributed by atoms with Crippen molar-refractivity contribution < 1.29 is 0 Å². The third kappa shape index (κ3) is 3.17. The summed E-state index contributed by atoms with van der Waals surface area (Å²) in [4.78, 5) is 10.7. The molecule has 0 saturated heterocycles. The molecule has 1 N–H and O–H groups in total. The molecule has 5 heteroatoms. The Hall–Kier alpha value is -1.65. The minimum Gasteiger partial charge on any atom is -0.365 e. The largest absolute Gasteiger partial charge is 0.365 e. The number of nitrogens with one attached hydrogen (secondary N) is 1. The van der Waals surface area contributed by atoms with Crippen LogP contribution in [0.15, 0.2) is 30.3 Å². The Morgan fingerprint density at radius 1 is 1.14 bits per heavy atom. The van der Waals surface area contributed by atoms with Gasteiger partial charge in [-0.15, -0.1) is 11.3 Å². The van der Waals surface area contributed by atoms with Crippen LogP contribution in [0.2, 0.25) is 5.28 Å². The summed E-state index contributed by atoms with van der Waals surface area (Å²) in [7, 11) is 0. The molecule has 3 aromatic rings. The fraction of sp³-hybridized carbons (Fsp3) is 0.250. The Balaban J connectivity index is 1.83. The lowest BCUT2D eigenvalue weighted by Gasteiger charge is -2.08. The van der Waals surface area contributed by atoms with Crippen molar-refractivity contribution in [3.05, 3.63) is 51.6 Å². The molecule has 0 amide bonds. The van der Waals surface area contributed by atoms with Crippen molar-refractivity contribution in [2.24, 2.45) is 0 Å². The first-order valence-corrected chi connectivity index (χ1v) is 8.10. The number of hydrogen-bond acceptors (Lipinski definition) is 4. The number of nitrogens with zero attached hydrogens (tertiary/aromatic N) is 2. The zero-order valence-corrected chi connectivity index (χ0v) is 13.6. The van der Waals surface area contributed by atoms with Crippen molar-refractivity contribution in [1.29, 1.82) is 0 Å². The molecule has 0 spiro atoms. The summed E-state index contributed by atoms with van der Waals surface area (Å²) in [6.07, 6.45) is 1.06. The van der Waals surface area contributed by atoms with Crippen LogP contribution in [0, 0.1) is 6.92 Å². The van der Waals surface area contributed by atoms with Crippen LogP contribution in [0.5, 0.6) is 0 Å². The molecule has 108 valence electrons. The van der Waals surface area contributed by atoms with Gasteiger partial charge in [0.15, 0.2) is 0 Å². The molecule has 2 heterocycles. The van der Waals surface area contributed by atoms with E-state index in [0.29, 0.717) is 0 Å². The lowest BCUT2D eigenvalue weighted by molar-refractivity contribution is 1.09. The van der Waals surface area contributed by atoms with Gasteiger partial charge in [-0.1, -0.05) is 31.2 Å². The number of benzene rings is 1. The van der Waals surface area contributed by atoms with Crippen molar-refractivity contribution >= 4 is 39.0 Å². The molecule has 3 rings (SSSR count). The van der Waals surface area contributed by atoms with E-state index in [1.165, 1.54) is 16.0 Å². The van der Waals surface area contributed by atoms with Gasteiger partial charge in [-0.25, -0.2) is 9.97 Å². The highest BCUT2D eigenvalue weighted by molar-refractivity contribution is 7.18. The summed E-state index contributed by atoms with van der Waals surface area (Å²) < 4.78 is 0. The van der Waals surface area contributed by atoms with E-state index in [1.807, 2.05) is 0 Å². The highest BCUT2D eigenvalue weighted by atomic mass is 35.5. The fourth-order valence-electron chi connectivity index (χ4n) is 2.23. The van der Waals surface area contributed by atoms with Crippen LogP contribution in [0.3, 0.4) is 0 Å². The van der Waals surface area contributed by atoms with Gasteiger partial charge in [0.25, 0.3) is 0 Å². The van der Waals surface area contributed by atoms with E-state index in [-0.39, 0.29) is 5.28 Å². The summed E-state index contributed by atoms with van der Waals surface area (Å²) in [5, 5.41) is 4.69. The summed E-state index contributed by atoms with van der Waals surface area (Å²) in [6, 6.07) is 10.7. The van der Waals surface area contributed by atoms with Gasteiger partial charge in [-0.3, -0.25) is 0 Å². The average Bonchev–Trinajstić information content (AvgIpc) is 2.85. The van der Waals surface area contributed by atoms with Crippen LogP contribution >= 0.6 is 22.9 Å². The predicted octanol–water partition coefficient (Wildman–Crippen LogP) is 4.83. The van der Waals surface area contributed by atoms with Crippen molar-refractivity contribution in [3.8, 4) is 0 Å². The molecule has 2 aromatic heterocycles. The van der Waals surface area contributed by atoms with Crippen LogP contribution < -0.4 is 5.32 Å². The number of rotatable bonds is 4. The Bertz CT molecular complexity index is 765.